The van der Waals surface area contributed by atoms with E-state index in [1.165, 1.54) is 0 Å². The summed E-state index contributed by atoms with van der Waals surface area (Å²) < 4.78 is 10.0. The predicted octanol–water partition coefficient (Wildman–Crippen LogP) is 0.139. The Bertz CT molecular complexity index is 202. The summed E-state index contributed by atoms with van der Waals surface area (Å²) in [7, 11) is 1.62. The van der Waals surface area contributed by atoms with Crippen molar-refractivity contribution in [3.8, 4) is 0 Å². The van der Waals surface area contributed by atoms with Gasteiger partial charge < -0.3 is 20.5 Å². The Labute approximate surface area is 97.7 Å². The van der Waals surface area contributed by atoms with Crippen LogP contribution < -0.4 is 11.1 Å². The average Bonchev–Trinajstić information content (AvgIpc) is 2.20. The fourth-order valence-corrected chi connectivity index (χ4v) is 0.994. The van der Waals surface area contributed by atoms with Gasteiger partial charge in [-0.15, -0.1) is 0 Å². The van der Waals surface area contributed by atoms with Crippen molar-refractivity contribution in [2.75, 3.05) is 33.5 Å². The van der Waals surface area contributed by atoms with E-state index in [1.54, 1.807) is 7.11 Å². The first kappa shape index (κ1) is 15.3. The molecule has 0 radical (unpaired) electrons. The number of carbonyl (C=O) groups excluding carboxylic acids is 1. The number of rotatable bonds is 7. The van der Waals surface area contributed by atoms with E-state index < -0.39 is 6.04 Å². The third kappa shape index (κ3) is 6.76. The van der Waals surface area contributed by atoms with Crippen LogP contribution in [0.25, 0.3) is 0 Å². The number of nitrogens with two attached hydrogens (primary N) is 1. The molecular formula is C11H24N2O3. The molecule has 0 aliphatic rings. The molecule has 0 saturated heterocycles. The van der Waals surface area contributed by atoms with Gasteiger partial charge >= 0.3 is 0 Å². The van der Waals surface area contributed by atoms with E-state index in [-0.39, 0.29) is 11.3 Å². The predicted molar refractivity (Wildman–Crippen MR) is 63.1 cm³/mol. The zero-order chi connectivity index (χ0) is 12.6. The van der Waals surface area contributed by atoms with Gasteiger partial charge in [-0.25, -0.2) is 0 Å². The number of nitrogens with one attached hydrogen (secondary N) is 1. The van der Waals surface area contributed by atoms with E-state index in [2.05, 4.69) is 5.32 Å². The summed E-state index contributed by atoms with van der Waals surface area (Å²) in [5, 5.41) is 2.74. The molecule has 5 heteroatoms. The number of methoxy groups -OCH3 is 1. The van der Waals surface area contributed by atoms with Gasteiger partial charge in [0.25, 0.3) is 0 Å². The molecule has 0 aromatic rings. The summed E-state index contributed by atoms with van der Waals surface area (Å²) in [5.74, 6) is -0.136. The van der Waals surface area contributed by atoms with E-state index in [9.17, 15) is 4.79 Å². The summed E-state index contributed by atoms with van der Waals surface area (Å²) in [6.07, 6.45) is 0. The number of carbonyl (C=O) groups is 1. The van der Waals surface area contributed by atoms with Gasteiger partial charge in [0.1, 0.15) is 0 Å². The highest BCUT2D eigenvalue weighted by Crippen LogP contribution is 2.16. The van der Waals surface area contributed by atoms with Gasteiger partial charge in [-0.3, -0.25) is 4.79 Å². The van der Waals surface area contributed by atoms with Crippen LogP contribution in [0.5, 0.6) is 0 Å². The van der Waals surface area contributed by atoms with E-state index in [4.69, 9.17) is 15.2 Å². The van der Waals surface area contributed by atoms with E-state index in [0.29, 0.717) is 26.4 Å². The van der Waals surface area contributed by atoms with Crippen LogP contribution in [0.1, 0.15) is 20.8 Å². The molecule has 1 amide bonds. The van der Waals surface area contributed by atoms with Crippen molar-refractivity contribution >= 4 is 5.91 Å². The van der Waals surface area contributed by atoms with E-state index >= 15 is 0 Å². The number of hydrogen-bond acceptors (Lipinski definition) is 4. The fraction of sp³-hybridized carbons (Fsp3) is 0.909. The smallest absolute Gasteiger partial charge is 0.237 e. The largest absolute Gasteiger partial charge is 0.382 e. The lowest BCUT2D eigenvalue weighted by atomic mass is 9.87. The first-order valence-corrected chi connectivity index (χ1v) is 5.49. The van der Waals surface area contributed by atoms with Crippen LogP contribution in [-0.2, 0) is 14.3 Å². The maximum absolute atomic E-state index is 11.6. The number of hydrogen-bond donors (Lipinski definition) is 2. The molecule has 0 aromatic carbocycles. The maximum atomic E-state index is 11.6. The van der Waals surface area contributed by atoms with Crippen LogP contribution in [-0.4, -0.2) is 45.4 Å². The van der Waals surface area contributed by atoms with Gasteiger partial charge in [0.05, 0.1) is 25.9 Å². The molecule has 0 saturated carbocycles. The van der Waals surface area contributed by atoms with Crippen molar-refractivity contribution in [2.45, 2.75) is 26.8 Å². The van der Waals surface area contributed by atoms with Gasteiger partial charge in [0, 0.05) is 13.7 Å². The second kappa shape index (κ2) is 7.60. The maximum Gasteiger partial charge on any atom is 0.237 e. The monoisotopic (exact) mass is 232 g/mol. The highest BCUT2D eigenvalue weighted by molar-refractivity contribution is 5.82. The minimum atomic E-state index is -0.494. The first-order chi connectivity index (χ1) is 7.39. The Kier molecular flexibility index (Phi) is 7.29. The molecule has 0 aromatic heterocycles. The summed E-state index contributed by atoms with van der Waals surface area (Å²) in [4.78, 5) is 11.6. The zero-order valence-electron chi connectivity index (χ0n) is 10.7. The second-order valence-corrected chi connectivity index (χ2v) is 4.74. The Morgan fingerprint density at radius 3 is 2.44 bits per heavy atom. The highest BCUT2D eigenvalue weighted by atomic mass is 16.5. The number of ether oxygens (including phenoxy) is 2. The molecule has 0 rings (SSSR count). The lowest BCUT2D eigenvalue weighted by Gasteiger charge is -2.25. The standard InChI is InChI=1S/C11H24N2O3/c1-11(2,3)9(12)10(14)13-5-6-16-8-7-15-4/h9H,5-8,12H2,1-4H3,(H,13,14)/t9-/m1/s1. The minimum absolute atomic E-state index is 0.136. The third-order valence-corrected chi connectivity index (χ3v) is 2.19. The Hall–Kier alpha value is -0.650. The normalized spacial score (nSPS) is 13.6. The van der Waals surface area contributed by atoms with Crippen molar-refractivity contribution in [3.63, 3.8) is 0 Å². The Balaban J connectivity index is 3.58. The van der Waals surface area contributed by atoms with Gasteiger partial charge in [0.15, 0.2) is 0 Å². The van der Waals surface area contributed by atoms with Gasteiger partial charge in [-0.05, 0) is 5.41 Å². The highest BCUT2D eigenvalue weighted by Gasteiger charge is 2.26. The molecule has 1 atom stereocenters. The van der Waals surface area contributed by atoms with Gasteiger partial charge in [-0.1, -0.05) is 20.8 Å². The van der Waals surface area contributed by atoms with Crippen LogP contribution >= 0.6 is 0 Å². The fourth-order valence-electron chi connectivity index (χ4n) is 0.994. The van der Waals surface area contributed by atoms with Crippen LogP contribution in [0, 0.1) is 5.41 Å². The van der Waals surface area contributed by atoms with Crippen LogP contribution in [0.4, 0.5) is 0 Å². The van der Waals surface area contributed by atoms with Crippen molar-refractivity contribution < 1.29 is 14.3 Å². The lowest BCUT2D eigenvalue weighted by molar-refractivity contribution is -0.124. The third-order valence-electron chi connectivity index (χ3n) is 2.19. The molecule has 0 unspecified atom stereocenters. The molecule has 96 valence electrons. The molecule has 0 aliphatic carbocycles. The molecule has 16 heavy (non-hydrogen) atoms. The topological polar surface area (TPSA) is 73.6 Å². The van der Waals surface area contributed by atoms with Crippen LogP contribution in [0.3, 0.4) is 0 Å². The minimum Gasteiger partial charge on any atom is -0.382 e. The molecule has 0 bridgehead atoms. The van der Waals surface area contributed by atoms with E-state index in [0.717, 1.165) is 0 Å². The van der Waals surface area contributed by atoms with Crippen LogP contribution in [0.15, 0.2) is 0 Å². The molecule has 0 spiro atoms. The van der Waals surface area contributed by atoms with Crippen molar-refractivity contribution in [2.24, 2.45) is 11.1 Å². The van der Waals surface area contributed by atoms with E-state index in [1.807, 2.05) is 20.8 Å². The summed E-state index contributed by atoms with van der Waals surface area (Å²) in [5.41, 5.74) is 5.56. The van der Waals surface area contributed by atoms with Crippen LogP contribution in [0.2, 0.25) is 0 Å². The van der Waals surface area contributed by atoms with Crippen molar-refractivity contribution in [1.82, 2.24) is 5.32 Å². The SMILES string of the molecule is COCCOCCNC(=O)[C@@H](N)C(C)(C)C. The molecule has 3 N–H and O–H groups in total. The molecule has 0 aliphatic heterocycles. The average molecular weight is 232 g/mol. The zero-order valence-corrected chi connectivity index (χ0v) is 10.7. The number of amides is 1. The molecule has 5 nitrogen and oxygen atoms in total. The Morgan fingerprint density at radius 1 is 1.31 bits per heavy atom. The quantitative estimate of drug-likeness (QED) is 0.612. The van der Waals surface area contributed by atoms with Crippen molar-refractivity contribution in [1.29, 1.82) is 0 Å². The summed E-state index contributed by atoms with van der Waals surface area (Å²) >= 11 is 0. The van der Waals surface area contributed by atoms with Crippen molar-refractivity contribution in [3.05, 3.63) is 0 Å². The second-order valence-electron chi connectivity index (χ2n) is 4.74. The molecule has 0 heterocycles. The van der Waals surface area contributed by atoms with Gasteiger partial charge in [-0.2, -0.15) is 0 Å². The molecule has 0 fully saturated rings. The molecular weight excluding hydrogens is 208 g/mol. The van der Waals surface area contributed by atoms with Gasteiger partial charge in [0.2, 0.25) is 5.91 Å². The Morgan fingerprint density at radius 2 is 1.94 bits per heavy atom. The summed E-state index contributed by atoms with van der Waals surface area (Å²) in [6, 6.07) is -0.494. The first-order valence-electron chi connectivity index (χ1n) is 5.49. The summed E-state index contributed by atoms with van der Waals surface area (Å²) in [6.45, 7) is 7.87. The lowest BCUT2D eigenvalue weighted by Crippen LogP contribution is -2.49.